The summed E-state index contributed by atoms with van der Waals surface area (Å²) in [7, 11) is 0. The van der Waals surface area contributed by atoms with E-state index in [2.05, 4.69) is 6.92 Å². The average Bonchev–Trinajstić information content (AvgIpc) is 2.55. The highest BCUT2D eigenvalue weighted by molar-refractivity contribution is 5.72. The van der Waals surface area contributed by atoms with E-state index in [1.165, 1.54) is 51.0 Å². The zero-order chi connectivity index (χ0) is 16.7. The van der Waals surface area contributed by atoms with Crippen LogP contribution in [0.15, 0.2) is 18.2 Å². The van der Waals surface area contributed by atoms with Crippen LogP contribution in [-0.4, -0.2) is 5.97 Å². The van der Waals surface area contributed by atoms with Crippen LogP contribution in [0.5, 0.6) is 5.75 Å². The van der Waals surface area contributed by atoms with Gasteiger partial charge in [-0.2, -0.15) is 0 Å². The van der Waals surface area contributed by atoms with Crippen molar-refractivity contribution in [2.24, 2.45) is 11.8 Å². The maximum Gasteiger partial charge on any atom is 0.311 e. The van der Waals surface area contributed by atoms with Crippen LogP contribution in [0.4, 0.5) is 8.78 Å². The van der Waals surface area contributed by atoms with Crippen molar-refractivity contribution in [3.63, 3.8) is 0 Å². The highest BCUT2D eigenvalue weighted by Gasteiger charge is 2.21. The van der Waals surface area contributed by atoms with E-state index >= 15 is 0 Å². The van der Waals surface area contributed by atoms with Gasteiger partial charge in [-0.05, 0) is 30.4 Å². The van der Waals surface area contributed by atoms with Crippen LogP contribution in [0.25, 0.3) is 0 Å². The maximum absolute atomic E-state index is 13.1. The first-order valence-electron chi connectivity index (χ1n) is 8.74. The molecule has 0 atom stereocenters. The normalized spacial score (nSPS) is 21.2. The standard InChI is InChI=1S/C19H26F2O2/c1-2-3-4-14-5-7-15(8-6-14)9-12-19(22)23-16-10-11-17(20)18(21)13-16/h10-11,13-15H,2-9,12H2,1H3. The van der Waals surface area contributed by atoms with Gasteiger partial charge in [0.15, 0.2) is 11.6 Å². The van der Waals surface area contributed by atoms with Crippen LogP contribution < -0.4 is 4.74 Å². The topological polar surface area (TPSA) is 26.3 Å². The number of ether oxygens (including phenoxy) is 1. The van der Waals surface area contributed by atoms with Crippen molar-refractivity contribution < 1.29 is 18.3 Å². The summed E-state index contributed by atoms with van der Waals surface area (Å²) in [4.78, 5) is 11.8. The highest BCUT2D eigenvalue weighted by atomic mass is 19.2. The molecule has 0 amide bonds. The molecule has 0 aromatic heterocycles. The molecule has 1 fully saturated rings. The Morgan fingerprint density at radius 3 is 2.35 bits per heavy atom. The van der Waals surface area contributed by atoms with Crippen LogP contribution >= 0.6 is 0 Å². The number of benzene rings is 1. The fourth-order valence-electron chi connectivity index (χ4n) is 3.35. The van der Waals surface area contributed by atoms with Gasteiger partial charge in [0.1, 0.15) is 5.75 Å². The SMILES string of the molecule is CCCCC1CCC(CCC(=O)Oc2ccc(F)c(F)c2)CC1. The van der Waals surface area contributed by atoms with E-state index in [9.17, 15) is 13.6 Å². The lowest BCUT2D eigenvalue weighted by Gasteiger charge is -2.28. The predicted molar refractivity (Wildman–Crippen MR) is 86.2 cm³/mol. The van der Waals surface area contributed by atoms with Crippen molar-refractivity contribution >= 4 is 5.97 Å². The number of hydrogen-bond acceptors (Lipinski definition) is 2. The zero-order valence-electron chi connectivity index (χ0n) is 13.8. The summed E-state index contributed by atoms with van der Waals surface area (Å²) in [5.41, 5.74) is 0. The van der Waals surface area contributed by atoms with Crippen molar-refractivity contribution in [3.05, 3.63) is 29.8 Å². The molecular weight excluding hydrogens is 298 g/mol. The van der Waals surface area contributed by atoms with Crippen LogP contribution in [-0.2, 0) is 4.79 Å². The molecule has 2 rings (SSSR count). The first-order chi connectivity index (χ1) is 11.1. The van der Waals surface area contributed by atoms with Crippen molar-refractivity contribution in [2.75, 3.05) is 0 Å². The molecule has 128 valence electrons. The lowest BCUT2D eigenvalue weighted by molar-refractivity contribution is -0.134. The molecule has 4 heteroatoms. The predicted octanol–water partition coefficient (Wildman–Crippen LogP) is 5.65. The number of carbonyl (C=O) groups is 1. The third-order valence-corrected chi connectivity index (χ3v) is 4.81. The van der Waals surface area contributed by atoms with Gasteiger partial charge >= 0.3 is 5.97 Å². The quantitative estimate of drug-likeness (QED) is 0.479. The van der Waals surface area contributed by atoms with E-state index < -0.39 is 11.6 Å². The molecule has 1 aromatic carbocycles. The summed E-state index contributed by atoms with van der Waals surface area (Å²) in [5, 5.41) is 0. The number of hydrogen-bond donors (Lipinski definition) is 0. The minimum atomic E-state index is -0.999. The summed E-state index contributed by atoms with van der Waals surface area (Å²) in [6, 6.07) is 3.15. The molecule has 0 bridgehead atoms. The maximum atomic E-state index is 13.1. The summed E-state index contributed by atoms with van der Waals surface area (Å²) in [5.74, 6) is -0.794. The van der Waals surface area contributed by atoms with E-state index in [0.29, 0.717) is 12.3 Å². The van der Waals surface area contributed by atoms with Crippen LogP contribution in [0.1, 0.15) is 64.7 Å². The molecule has 0 radical (unpaired) electrons. The highest BCUT2D eigenvalue weighted by Crippen LogP contribution is 2.34. The molecular formula is C19H26F2O2. The Kier molecular flexibility index (Phi) is 7.00. The van der Waals surface area contributed by atoms with Crippen LogP contribution in [0, 0.1) is 23.5 Å². The van der Waals surface area contributed by atoms with E-state index in [0.717, 1.165) is 24.5 Å². The van der Waals surface area contributed by atoms with Gasteiger partial charge in [0.05, 0.1) is 0 Å². The molecule has 0 aliphatic heterocycles. The molecule has 0 spiro atoms. The van der Waals surface area contributed by atoms with E-state index in [1.807, 2.05) is 0 Å². The fraction of sp³-hybridized carbons (Fsp3) is 0.632. The summed E-state index contributed by atoms with van der Waals surface area (Å²) in [6.45, 7) is 2.23. The van der Waals surface area contributed by atoms with Gasteiger partial charge in [0.25, 0.3) is 0 Å². The largest absolute Gasteiger partial charge is 0.426 e. The number of esters is 1. The summed E-state index contributed by atoms with van der Waals surface area (Å²) < 4.78 is 31.0. The van der Waals surface area contributed by atoms with Crippen molar-refractivity contribution in [1.29, 1.82) is 0 Å². The Bertz CT molecular complexity index is 508. The lowest BCUT2D eigenvalue weighted by atomic mass is 9.78. The van der Waals surface area contributed by atoms with Gasteiger partial charge in [-0.25, -0.2) is 8.78 Å². The second-order valence-corrected chi connectivity index (χ2v) is 6.62. The first-order valence-corrected chi connectivity index (χ1v) is 8.74. The van der Waals surface area contributed by atoms with Crippen molar-refractivity contribution in [3.8, 4) is 5.75 Å². The molecule has 2 nitrogen and oxygen atoms in total. The molecule has 1 saturated carbocycles. The van der Waals surface area contributed by atoms with E-state index in [-0.39, 0.29) is 11.7 Å². The smallest absolute Gasteiger partial charge is 0.311 e. The van der Waals surface area contributed by atoms with Gasteiger partial charge in [-0.15, -0.1) is 0 Å². The van der Waals surface area contributed by atoms with Gasteiger partial charge in [0, 0.05) is 12.5 Å². The second kappa shape index (κ2) is 8.99. The Balaban J connectivity index is 1.68. The minimum Gasteiger partial charge on any atom is -0.426 e. The molecule has 0 saturated heterocycles. The van der Waals surface area contributed by atoms with E-state index in [4.69, 9.17) is 4.74 Å². The van der Waals surface area contributed by atoms with Crippen LogP contribution in [0.3, 0.4) is 0 Å². The molecule has 0 heterocycles. The number of halogens is 2. The number of rotatable bonds is 7. The Morgan fingerprint density at radius 1 is 1.09 bits per heavy atom. The second-order valence-electron chi connectivity index (χ2n) is 6.62. The van der Waals surface area contributed by atoms with Crippen LogP contribution in [0.2, 0.25) is 0 Å². The van der Waals surface area contributed by atoms with E-state index in [1.54, 1.807) is 0 Å². The van der Waals surface area contributed by atoms with Gasteiger partial charge in [-0.1, -0.05) is 51.9 Å². The minimum absolute atomic E-state index is 0.0668. The molecule has 1 aliphatic rings. The average molecular weight is 324 g/mol. The lowest BCUT2D eigenvalue weighted by Crippen LogP contribution is -2.17. The number of unbranched alkanes of at least 4 members (excludes halogenated alkanes) is 1. The van der Waals surface area contributed by atoms with Gasteiger partial charge < -0.3 is 4.74 Å². The fourth-order valence-corrected chi connectivity index (χ4v) is 3.35. The monoisotopic (exact) mass is 324 g/mol. The Morgan fingerprint density at radius 2 is 1.74 bits per heavy atom. The molecule has 1 aromatic rings. The Hall–Kier alpha value is -1.45. The molecule has 23 heavy (non-hydrogen) atoms. The molecule has 0 N–H and O–H groups in total. The number of carbonyl (C=O) groups excluding carboxylic acids is 1. The van der Waals surface area contributed by atoms with Gasteiger partial charge in [0.2, 0.25) is 0 Å². The summed E-state index contributed by atoms with van der Waals surface area (Å²) in [6.07, 6.45) is 9.98. The molecule has 0 unspecified atom stereocenters. The first kappa shape index (κ1) is 17.9. The molecule has 1 aliphatic carbocycles. The van der Waals surface area contributed by atoms with Gasteiger partial charge in [-0.3, -0.25) is 4.79 Å². The zero-order valence-corrected chi connectivity index (χ0v) is 13.8. The van der Waals surface area contributed by atoms with Crippen molar-refractivity contribution in [1.82, 2.24) is 0 Å². The third kappa shape index (κ3) is 5.92. The van der Waals surface area contributed by atoms with Crippen molar-refractivity contribution in [2.45, 2.75) is 64.7 Å². The third-order valence-electron chi connectivity index (χ3n) is 4.81. The Labute approximate surface area is 137 Å². The summed E-state index contributed by atoms with van der Waals surface area (Å²) >= 11 is 0.